The van der Waals surface area contributed by atoms with E-state index in [4.69, 9.17) is 15.6 Å². The van der Waals surface area contributed by atoms with Crippen LogP contribution in [0.2, 0.25) is 0 Å². The molecule has 0 atom stereocenters. The zero-order valence-electron chi connectivity index (χ0n) is 14.1. The quantitative estimate of drug-likeness (QED) is 0.407. The summed E-state index contributed by atoms with van der Waals surface area (Å²) >= 11 is 3.39. The van der Waals surface area contributed by atoms with E-state index in [2.05, 4.69) is 33.1 Å². The van der Waals surface area contributed by atoms with Crippen LogP contribution >= 0.6 is 15.9 Å². The molecule has 1 amide bonds. The number of hydrogen-bond donors (Lipinski definition) is 3. The summed E-state index contributed by atoms with van der Waals surface area (Å²) in [5, 5.41) is 10.5. The Hall–Kier alpha value is -2.72. The molecule has 134 valence electrons. The third-order valence-electron chi connectivity index (χ3n) is 4.07. The van der Waals surface area contributed by atoms with Crippen molar-refractivity contribution in [3.63, 3.8) is 0 Å². The lowest BCUT2D eigenvalue weighted by atomic mass is 10.2. The molecular weight excluding hydrogens is 396 g/mol. The third kappa shape index (κ3) is 4.27. The average Bonchev–Trinajstić information content (AvgIpc) is 3.29. The summed E-state index contributed by atoms with van der Waals surface area (Å²) in [7, 11) is 0. The summed E-state index contributed by atoms with van der Waals surface area (Å²) in [5.41, 5.74) is 6.99. The second-order valence-corrected chi connectivity index (χ2v) is 6.79. The lowest BCUT2D eigenvalue weighted by Gasteiger charge is -2.12. The summed E-state index contributed by atoms with van der Waals surface area (Å²) < 4.78 is 6.29. The van der Waals surface area contributed by atoms with Gasteiger partial charge in [-0.15, -0.1) is 0 Å². The van der Waals surface area contributed by atoms with Crippen molar-refractivity contribution in [3.8, 4) is 11.8 Å². The van der Waals surface area contributed by atoms with Gasteiger partial charge in [0.05, 0.1) is 11.0 Å². The molecule has 26 heavy (non-hydrogen) atoms. The normalized spacial score (nSPS) is 13.2. The molecule has 6 nitrogen and oxygen atoms in total. The lowest BCUT2D eigenvalue weighted by Crippen LogP contribution is -2.27. The van der Waals surface area contributed by atoms with Crippen LogP contribution in [0.15, 0.2) is 39.2 Å². The van der Waals surface area contributed by atoms with E-state index in [1.165, 1.54) is 0 Å². The number of carbonyl (C=O) groups is 1. The lowest BCUT2D eigenvalue weighted by molar-refractivity contribution is 0.0760. The fourth-order valence-electron chi connectivity index (χ4n) is 2.67. The van der Waals surface area contributed by atoms with Gasteiger partial charge in [-0.1, -0.05) is 5.92 Å². The van der Waals surface area contributed by atoms with E-state index in [9.17, 15) is 4.79 Å². The highest BCUT2D eigenvalue weighted by atomic mass is 79.9. The Bertz CT molecular complexity index is 871. The number of hydrogen-bond acceptors (Lipinski definition) is 4. The van der Waals surface area contributed by atoms with E-state index in [1.807, 2.05) is 12.1 Å². The molecule has 7 heteroatoms. The van der Waals surface area contributed by atoms with Crippen molar-refractivity contribution in [2.75, 3.05) is 25.0 Å². The van der Waals surface area contributed by atoms with Gasteiger partial charge in [0.2, 0.25) is 0 Å². The number of rotatable bonds is 4. The number of amidine groups is 1. The predicted octanol–water partition coefficient (Wildman–Crippen LogP) is 3.03. The van der Waals surface area contributed by atoms with Gasteiger partial charge in [0, 0.05) is 30.4 Å². The summed E-state index contributed by atoms with van der Waals surface area (Å²) in [6, 6.07) is 8.91. The molecule has 0 bridgehead atoms. The molecule has 1 saturated heterocycles. The molecule has 3 rings (SSSR count). The van der Waals surface area contributed by atoms with Gasteiger partial charge in [-0.05, 0) is 59.0 Å². The van der Waals surface area contributed by atoms with Crippen LogP contribution in [-0.2, 0) is 0 Å². The number of nitrogen functional groups attached to an aromatic ring is 1. The Balaban J connectivity index is 1.59. The average molecular weight is 415 g/mol. The number of benzene rings is 1. The standard InChI is InChI=1S/C19H19BrN4O2/c20-15-12-17(19(25)24-10-1-2-11-24)26-16(15)4-3-9-23-14-7-5-13(6-8-14)18(21)22/h5-8,12,23H,1-2,9-11H2,(H3,21,22). The molecule has 0 radical (unpaired) electrons. The van der Waals surface area contributed by atoms with E-state index < -0.39 is 0 Å². The van der Waals surface area contributed by atoms with Crippen molar-refractivity contribution in [1.29, 1.82) is 5.41 Å². The zero-order valence-corrected chi connectivity index (χ0v) is 15.7. The van der Waals surface area contributed by atoms with Gasteiger partial charge in [-0.3, -0.25) is 10.2 Å². The molecule has 1 aromatic heterocycles. The number of nitrogens with zero attached hydrogens (tertiary/aromatic N) is 1. The minimum Gasteiger partial charge on any atom is -0.441 e. The van der Waals surface area contributed by atoms with Crippen LogP contribution in [0.1, 0.15) is 34.7 Å². The Morgan fingerprint density at radius 1 is 1.31 bits per heavy atom. The number of amides is 1. The van der Waals surface area contributed by atoms with Crippen molar-refractivity contribution in [3.05, 3.63) is 51.9 Å². The first-order valence-electron chi connectivity index (χ1n) is 8.30. The van der Waals surface area contributed by atoms with Gasteiger partial charge in [0.15, 0.2) is 11.5 Å². The van der Waals surface area contributed by atoms with Gasteiger partial charge in [0.1, 0.15) is 5.84 Å². The molecule has 2 aromatic rings. The number of nitrogens with two attached hydrogens (primary N) is 1. The number of nitrogens with one attached hydrogen (secondary N) is 2. The van der Waals surface area contributed by atoms with E-state index in [0.717, 1.165) is 31.6 Å². The van der Waals surface area contributed by atoms with E-state index in [1.54, 1.807) is 23.1 Å². The monoisotopic (exact) mass is 414 g/mol. The van der Waals surface area contributed by atoms with Crippen LogP contribution in [0.4, 0.5) is 5.69 Å². The second kappa shape index (κ2) is 8.11. The number of furan rings is 1. The van der Waals surface area contributed by atoms with Crippen molar-refractivity contribution in [1.82, 2.24) is 4.90 Å². The molecular formula is C19H19BrN4O2. The summed E-state index contributed by atoms with van der Waals surface area (Å²) in [4.78, 5) is 14.1. The first-order valence-corrected chi connectivity index (χ1v) is 9.09. The smallest absolute Gasteiger partial charge is 0.289 e. The van der Waals surface area contributed by atoms with E-state index in [-0.39, 0.29) is 11.7 Å². The third-order valence-corrected chi connectivity index (χ3v) is 4.66. The van der Waals surface area contributed by atoms with E-state index in [0.29, 0.717) is 28.1 Å². The van der Waals surface area contributed by atoms with Gasteiger partial charge < -0.3 is 20.4 Å². The Morgan fingerprint density at radius 2 is 2.00 bits per heavy atom. The van der Waals surface area contributed by atoms with Crippen LogP contribution in [0.5, 0.6) is 0 Å². The zero-order chi connectivity index (χ0) is 18.5. The number of anilines is 1. The Labute approximate surface area is 160 Å². The molecule has 0 unspecified atom stereocenters. The Kier molecular flexibility index (Phi) is 5.64. The van der Waals surface area contributed by atoms with Crippen LogP contribution in [0.25, 0.3) is 0 Å². The maximum atomic E-state index is 12.3. The highest BCUT2D eigenvalue weighted by Gasteiger charge is 2.23. The fourth-order valence-corrected chi connectivity index (χ4v) is 3.06. The summed E-state index contributed by atoms with van der Waals surface area (Å²) in [5.74, 6) is 6.62. The maximum absolute atomic E-state index is 12.3. The molecule has 1 aromatic carbocycles. The van der Waals surface area contributed by atoms with Gasteiger partial charge in [-0.25, -0.2) is 0 Å². The van der Waals surface area contributed by atoms with Crippen LogP contribution in [-0.4, -0.2) is 36.3 Å². The molecule has 2 heterocycles. The van der Waals surface area contributed by atoms with Gasteiger partial charge >= 0.3 is 0 Å². The Morgan fingerprint density at radius 3 is 2.65 bits per heavy atom. The minimum absolute atomic E-state index is 0.0401. The summed E-state index contributed by atoms with van der Waals surface area (Å²) in [6.07, 6.45) is 2.08. The van der Waals surface area contributed by atoms with Crippen molar-refractivity contribution < 1.29 is 9.21 Å². The van der Waals surface area contributed by atoms with Crippen LogP contribution in [0, 0.1) is 17.3 Å². The molecule has 4 N–H and O–H groups in total. The first kappa shape index (κ1) is 18.1. The second-order valence-electron chi connectivity index (χ2n) is 5.93. The molecule has 1 aliphatic rings. The number of halogens is 1. The van der Waals surface area contributed by atoms with Crippen molar-refractivity contribution >= 4 is 33.4 Å². The highest BCUT2D eigenvalue weighted by molar-refractivity contribution is 9.10. The maximum Gasteiger partial charge on any atom is 0.289 e. The first-order chi connectivity index (χ1) is 12.5. The topological polar surface area (TPSA) is 95.4 Å². The van der Waals surface area contributed by atoms with Crippen molar-refractivity contribution in [2.45, 2.75) is 12.8 Å². The molecule has 1 fully saturated rings. The predicted molar refractivity (Wildman–Crippen MR) is 104 cm³/mol. The molecule has 0 aliphatic carbocycles. The van der Waals surface area contributed by atoms with Crippen LogP contribution in [0.3, 0.4) is 0 Å². The van der Waals surface area contributed by atoms with Crippen LogP contribution < -0.4 is 11.1 Å². The molecule has 0 spiro atoms. The largest absolute Gasteiger partial charge is 0.441 e. The highest BCUT2D eigenvalue weighted by Crippen LogP contribution is 2.23. The minimum atomic E-state index is -0.0834. The molecule has 1 aliphatic heterocycles. The fraction of sp³-hybridized carbons (Fsp3) is 0.263. The molecule has 0 saturated carbocycles. The SMILES string of the molecule is N=C(N)c1ccc(NCC#Cc2oc(C(=O)N3CCCC3)cc2Br)cc1. The number of carbonyl (C=O) groups excluding carboxylic acids is 1. The van der Waals surface area contributed by atoms with Gasteiger partial charge in [0.25, 0.3) is 5.91 Å². The van der Waals surface area contributed by atoms with Crippen molar-refractivity contribution in [2.24, 2.45) is 5.73 Å². The van der Waals surface area contributed by atoms with E-state index >= 15 is 0 Å². The number of likely N-dealkylation sites (tertiary alicyclic amines) is 1. The van der Waals surface area contributed by atoms with Gasteiger partial charge in [-0.2, -0.15) is 0 Å². The summed E-state index contributed by atoms with van der Waals surface area (Å²) in [6.45, 7) is 1.98.